The van der Waals surface area contributed by atoms with Gasteiger partial charge in [0.2, 0.25) is 0 Å². The average Bonchev–Trinajstić information content (AvgIpc) is 3.66. The Labute approximate surface area is 348 Å². The molecular formula is C58H38N2. The highest BCUT2D eigenvalue weighted by Gasteiger charge is 2.20. The SMILES string of the molecule is c1ccc(-c2cc(-c3cccc(N(c4ccc5c(ccc6ccccc65)c4)c4ccc5c(ccc6ccccc65)c4)c3)c3c4ccccc4n(-c4ccccc4)c3c2)cc1. The minimum absolute atomic E-state index is 1.10. The first-order chi connectivity index (χ1) is 29.7. The maximum Gasteiger partial charge on any atom is 0.0553 e. The normalized spacial score (nSPS) is 11.7. The molecule has 1 aromatic heterocycles. The van der Waals surface area contributed by atoms with Crippen molar-refractivity contribution in [2.75, 3.05) is 4.90 Å². The van der Waals surface area contributed by atoms with Gasteiger partial charge in [0.15, 0.2) is 0 Å². The molecule has 2 heteroatoms. The van der Waals surface area contributed by atoms with E-state index in [1.165, 1.54) is 81.6 Å². The molecule has 11 aromatic carbocycles. The van der Waals surface area contributed by atoms with Crippen LogP contribution in [0.15, 0.2) is 231 Å². The van der Waals surface area contributed by atoms with E-state index in [1.807, 2.05) is 0 Å². The van der Waals surface area contributed by atoms with Crippen molar-refractivity contribution in [1.82, 2.24) is 4.57 Å². The Balaban J connectivity index is 1.11. The zero-order valence-electron chi connectivity index (χ0n) is 32.8. The molecule has 0 radical (unpaired) electrons. The van der Waals surface area contributed by atoms with Gasteiger partial charge in [0, 0.05) is 33.5 Å². The lowest BCUT2D eigenvalue weighted by atomic mass is 9.94. The summed E-state index contributed by atoms with van der Waals surface area (Å²) in [7, 11) is 0. The number of nitrogens with zero attached hydrogens (tertiary/aromatic N) is 2. The molecule has 0 unspecified atom stereocenters. The average molecular weight is 763 g/mol. The lowest BCUT2D eigenvalue weighted by molar-refractivity contribution is 1.18. The van der Waals surface area contributed by atoms with Crippen LogP contribution >= 0.6 is 0 Å². The van der Waals surface area contributed by atoms with E-state index in [0.717, 1.165) is 28.3 Å². The number of anilines is 3. The number of benzene rings is 11. The van der Waals surface area contributed by atoms with Gasteiger partial charge in [-0.25, -0.2) is 0 Å². The lowest BCUT2D eigenvalue weighted by Gasteiger charge is -2.27. The van der Waals surface area contributed by atoms with Gasteiger partial charge in [-0.1, -0.05) is 164 Å². The van der Waals surface area contributed by atoms with Gasteiger partial charge < -0.3 is 9.47 Å². The summed E-state index contributed by atoms with van der Waals surface area (Å²) in [5.74, 6) is 0. The van der Waals surface area contributed by atoms with Crippen LogP contribution in [0.3, 0.4) is 0 Å². The van der Waals surface area contributed by atoms with Crippen molar-refractivity contribution < 1.29 is 0 Å². The van der Waals surface area contributed by atoms with E-state index in [1.54, 1.807) is 0 Å². The van der Waals surface area contributed by atoms with Crippen LogP contribution in [0.5, 0.6) is 0 Å². The summed E-state index contributed by atoms with van der Waals surface area (Å²) in [4.78, 5) is 2.43. The molecule has 12 rings (SSSR count). The summed E-state index contributed by atoms with van der Waals surface area (Å²) in [6.45, 7) is 0. The van der Waals surface area contributed by atoms with Gasteiger partial charge in [-0.15, -0.1) is 0 Å². The van der Waals surface area contributed by atoms with Crippen LogP contribution in [0.2, 0.25) is 0 Å². The maximum atomic E-state index is 2.43. The molecule has 0 N–H and O–H groups in total. The lowest BCUT2D eigenvalue weighted by Crippen LogP contribution is -2.10. The molecule has 2 nitrogen and oxygen atoms in total. The van der Waals surface area contributed by atoms with E-state index < -0.39 is 0 Å². The third kappa shape index (κ3) is 5.57. The Hall–Kier alpha value is -7.94. The van der Waals surface area contributed by atoms with Gasteiger partial charge in [0.1, 0.15) is 0 Å². The minimum Gasteiger partial charge on any atom is -0.310 e. The summed E-state index contributed by atoms with van der Waals surface area (Å²) in [5.41, 5.74) is 11.6. The van der Waals surface area contributed by atoms with Crippen molar-refractivity contribution in [3.8, 4) is 27.9 Å². The van der Waals surface area contributed by atoms with Crippen molar-refractivity contribution in [2.45, 2.75) is 0 Å². The summed E-state index contributed by atoms with van der Waals surface area (Å²) >= 11 is 0. The molecule has 280 valence electrons. The van der Waals surface area contributed by atoms with Crippen molar-refractivity contribution in [3.05, 3.63) is 231 Å². The molecule has 0 aliphatic rings. The summed E-state index contributed by atoms with van der Waals surface area (Å²) in [6, 6.07) is 84.5. The van der Waals surface area contributed by atoms with E-state index >= 15 is 0 Å². The molecular weight excluding hydrogens is 725 g/mol. The molecule has 0 bridgehead atoms. The van der Waals surface area contributed by atoms with E-state index in [4.69, 9.17) is 0 Å². The number of rotatable bonds is 6. The van der Waals surface area contributed by atoms with Crippen LogP contribution in [0.25, 0.3) is 92.8 Å². The first-order valence-electron chi connectivity index (χ1n) is 20.7. The minimum atomic E-state index is 1.10. The predicted octanol–water partition coefficient (Wildman–Crippen LogP) is 16.2. The third-order valence-corrected chi connectivity index (χ3v) is 12.3. The molecule has 0 aliphatic carbocycles. The zero-order valence-corrected chi connectivity index (χ0v) is 32.8. The van der Waals surface area contributed by atoms with E-state index in [0.29, 0.717) is 0 Å². The highest BCUT2D eigenvalue weighted by Crippen LogP contribution is 2.45. The van der Waals surface area contributed by atoms with Crippen molar-refractivity contribution in [3.63, 3.8) is 0 Å². The molecule has 1 heterocycles. The van der Waals surface area contributed by atoms with Crippen LogP contribution < -0.4 is 4.90 Å². The fourth-order valence-corrected chi connectivity index (χ4v) is 9.52. The van der Waals surface area contributed by atoms with Crippen molar-refractivity contribution >= 4 is 82.0 Å². The molecule has 12 aromatic rings. The van der Waals surface area contributed by atoms with E-state index in [9.17, 15) is 0 Å². The molecule has 0 saturated heterocycles. The maximum absolute atomic E-state index is 2.43. The topological polar surface area (TPSA) is 8.17 Å². The first kappa shape index (κ1) is 34.1. The molecule has 60 heavy (non-hydrogen) atoms. The molecule has 0 saturated carbocycles. The highest BCUT2D eigenvalue weighted by molar-refractivity contribution is 6.17. The number of hydrogen-bond acceptors (Lipinski definition) is 1. The van der Waals surface area contributed by atoms with Gasteiger partial charge in [0.05, 0.1) is 11.0 Å². The van der Waals surface area contributed by atoms with E-state index in [2.05, 4.69) is 240 Å². The van der Waals surface area contributed by atoms with Gasteiger partial charge >= 0.3 is 0 Å². The highest BCUT2D eigenvalue weighted by atomic mass is 15.1. The van der Waals surface area contributed by atoms with Gasteiger partial charge in [-0.05, 0) is 132 Å². The smallest absolute Gasteiger partial charge is 0.0553 e. The molecule has 0 aliphatic heterocycles. The van der Waals surface area contributed by atoms with Gasteiger partial charge in [-0.2, -0.15) is 0 Å². The van der Waals surface area contributed by atoms with Crippen molar-refractivity contribution in [2.24, 2.45) is 0 Å². The second-order valence-corrected chi connectivity index (χ2v) is 15.7. The second kappa shape index (κ2) is 13.9. The van der Waals surface area contributed by atoms with Crippen LogP contribution in [-0.2, 0) is 0 Å². The monoisotopic (exact) mass is 762 g/mol. The van der Waals surface area contributed by atoms with Crippen LogP contribution in [0.1, 0.15) is 0 Å². The van der Waals surface area contributed by atoms with Gasteiger partial charge in [-0.3, -0.25) is 0 Å². The molecule has 0 atom stereocenters. The predicted molar refractivity (Wildman–Crippen MR) is 256 cm³/mol. The van der Waals surface area contributed by atoms with Crippen LogP contribution in [-0.4, -0.2) is 4.57 Å². The van der Waals surface area contributed by atoms with Crippen molar-refractivity contribution in [1.29, 1.82) is 0 Å². The number of para-hydroxylation sites is 2. The third-order valence-electron chi connectivity index (χ3n) is 12.3. The molecule has 0 amide bonds. The fraction of sp³-hybridized carbons (Fsp3) is 0. The Morgan fingerprint density at radius 3 is 1.47 bits per heavy atom. The Morgan fingerprint density at radius 2 is 0.800 bits per heavy atom. The van der Waals surface area contributed by atoms with Crippen LogP contribution in [0, 0.1) is 0 Å². The number of aromatic nitrogens is 1. The zero-order chi connectivity index (χ0) is 39.6. The number of fused-ring (bicyclic) bond motifs is 9. The standard InChI is InChI=1S/C58H38N2/c1-3-14-39(15-4-1)45-37-55(58-54-24-11-12-25-56(54)60(57(58)38-45)46-19-5-2-6-20-46)42-18-13-21-47(34-42)59(48-30-32-52-43(35-48)28-26-40-16-7-9-22-50(40)52)49-31-33-53-44(36-49)29-27-41-17-8-10-23-51(41)53/h1-38H. The number of hydrogen-bond donors (Lipinski definition) is 0. The quantitative estimate of drug-likeness (QED) is 0.153. The summed E-state index contributed by atoms with van der Waals surface area (Å²) in [6.07, 6.45) is 0. The summed E-state index contributed by atoms with van der Waals surface area (Å²) in [5, 5.41) is 12.5. The van der Waals surface area contributed by atoms with E-state index in [-0.39, 0.29) is 0 Å². The van der Waals surface area contributed by atoms with Crippen LogP contribution in [0.4, 0.5) is 17.1 Å². The summed E-state index contributed by atoms with van der Waals surface area (Å²) < 4.78 is 2.42. The second-order valence-electron chi connectivity index (χ2n) is 15.7. The Morgan fingerprint density at radius 1 is 0.283 bits per heavy atom. The Kier molecular flexibility index (Phi) is 7.89. The van der Waals surface area contributed by atoms with Gasteiger partial charge in [0.25, 0.3) is 0 Å². The fourth-order valence-electron chi connectivity index (χ4n) is 9.52. The molecule has 0 spiro atoms. The largest absolute Gasteiger partial charge is 0.310 e. The first-order valence-corrected chi connectivity index (χ1v) is 20.7. The Bertz CT molecular complexity index is 3480. The molecule has 0 fully saturated rings.